The van der Waals surface area contributed by atoms with Gasteiger partial charge in [-0.05, 0) is 25.0 Å². The molecular weight excluding hydrogens is 222 g/mol. The average molecular weight is 237 g/mol. The lowest BCUT2D eigenvalue weighted by atomic mass is 9.97. The van der Waals surface area contributed by atoms with E-state index in [2.05, 4.69) is 18.2 Å². The second-order valence-corrected chi connectivity index (χ2v) is 3.78. The van der Waals surface area contributed by atoms with Crippen LogP contribution >= 0.6 is 0 Å². The van der Waals surface area contributed by atoms with Gasteiger partial charge >= 0.3 is 0 Å². The molecular formula is C12H15NO4. The number of hydrogen-bond acceptors (Lipinski definition) is 5. The van der Waals surface area contributed by atoms with Crippen molar-refractivity contribution in [3.05, 3.63) is 24.3 Å². The molecule has 5 heteroatoms. The van der Waals surface area contributed by atoms with Crippen molar-refractivity contribution in [2.45, 2.75) is 32.4 Å². The van der Waals surface area contributed by atoms with Crippen molar-refractivity contribution in [1.82, 2.24) is 0 Å². The number of ketones is 2. The van der Waals surface area contributed by atoms with Crippen LogP contribution in [0.1, 0.15) is 20.3 Å². The van der Waals surface area contributed by atoms with E-state index >= 15 is 0 Å². The fourth-order valence-electron chi connectivity index (χ4n) is 1.09. The molecule has 0 heterocycles. The monoisotopic (exact) mass is 237 g/mol. The fourth-order valence-corrected chi connectivity index (χ4v) is 1.09. The Morgan fingerprint density at radius 1 is 1.29 bits per heavy atom. The van der Waals surface area contributed by atoms with Crippen LogP contribution in [-0.2, 0) is 14.4 Å². The Morgan fingerprint density at radius 2 is 1.82 bits per heavy atom. The summed E-state index contributed by atoms with van der Waals surface area (Å²) >= 11 is 0. The zero-order valence-electron chi connectivity index (χ0n) is 9.90. The summed E-state index contributed by atoms with van der Waals surface area (Å²) in [6, 6.07) is -1.14. The normalized spacial score (nSPS) is 13.1. The molecule has 0 rings (SSSR count). The number of aliphatic hydroxyl groups excluding tert-OH is 1. The van der Waals surface area contributed by atoms with Gasteiger partial charge in [-0.1, -0.05) is 13.2 Å². The van der Waals surface area contributed by atoms with Gasteiger partial charge in [0.2, 0.25) is 6.08 Å². The Kier molecular flexibility index (Phi) is 5.96. The van der Waals surface area contributed by atoms with Crippen LogP contribution < -0.4 is 0 Å². The highest BCUT2D eigenvalue weighted by atomic mass is 16.3. The van der Waals surface area contributed by atoms with Crippen molar-refractivity contribution in [3.63, 3.8) is 0 Å². The third kappa shape index (κ3) is 4.68. The summed E-state index contributed by atoms with van der Waals surface area (Å²) in [4.78, 5) is 36.3. The first-order chi connectivity index (χ1) is 7.81. The molecule has 5 nitrogen and oxygen atoms in total. The maximum Gasteiger partial charge on any atom is 0.235 e. The van der Waals surface area contributed by atoms with Gasteiger partial charge in [0.05, 0.1) is 0 Å². The van der Waals surface area contributed by atoms with Crippen molar-refractivity contribution >= 4 is 17.6 Å². The van der Waals surface area contributed by atoms with Gasteiger partial charge in [0, 0.05) is 6.42 Å². The molecule has 0 bridgehead atoms. The Labute approximate surface area is 99.5 Å². The molecule has 2 unspecified atom stereocenters. The smallest absolute Gasteiger partial charge is 0.235 e. The van der Waals surface area contributed by atoms with Crippen LogP contribution in [0.2, 0.25) is 0 Å². The van der Waals surface area contributed by atoms with Crippen LogP contribution in [0, 0.1) is 0 Å². The Hall–Kier alpha value is -1.84. The van der Waals surface area contributed by atoms with E-state index < -0.39 is 17.9 Å². The number of aliphatic hydroxyl groups is 1. The molecule has 2 atom stereocenters. The molecule has 0 aliphatic rings. The number of isocyanates is 1. The third-order valence-corrected chi connectivity index (χ3v) is 2.14. The van der Waals surface area contributed by atoms with E-state index in [1.54, 1.807) is 0 Å². The van der Waals surface area contributed by atoms with E-state index in [1.807, 2.05) is 0 Å². The summed E-state index contributed by atoms with van der Waals surface area (Å²) in [6.45, 7) is 9.74. The van der Waals surface area contributed by atoms with Gasteiger partial charge in [0.25, 0.3) is 0 Å². The lowest BCUT2D eigenvalue weighted by Gasteiger charge is -2.16. The Bertz CT molecular complexity index is 405. The molecule has 17 heavy (non-hydrogen) atoms. The quantitative estimate of drug-likeness (QED) is 0.402. The van der Waals surface area contributed by atoms with Gasteiger partial charge in [0.15, 0.2) is 11.6 Å². The molecule has 0 aromatic rings. The van der Waals surface area contributed by atoms with E-state index in [9.17, 15) is 19.5 Å². The minimum absolute atomic E-state index is 0.131. The van der Waals surface area contributed by atoms with Gasteiger partial charge < -0.3 is 5.11 Å². The molecule has 0 aliphatic heterocycles. The Morgan fingerprint density at radius 3 is 2.18 bits per heavy atom. The first-order valence-corrected chi connectivity index (χ1v) is 4.94. The van der Waals surface area contributed by atoms with Crippen LogP contribution in [0.25, 0.3) is 0 Å². The van der Waals surface area contributed by atoms with E-state index in [-0.39, 0.29) is 23.4 Å². The van der Waals surface area contributed by atoms with Crippen LogP contribution in [0.4, 0.5) is 0 Å². The molecule has 0 aromatic carbocycles. The highest BCUT2D eigenvalue weighted by Gasteiger charge is 2.28. The maximum atomic E-state index is 11.4. The number of nitrogens with zero attached hydrogens (tertiary/aromatic N) is 1. The molecule has 0 aromatic heterocycles. The van der Waals surface area contributed by atoms with Gasteiger partial charge in [-0.2, -0.15) is 4.99 Å². The SMILES string of the molecule is C=C(C)C(=O)CC(N=C=O)C(O)C(=O)C(=C)C. The number of aliphatic imine (C=N–C) groups is 1. The van der Waals surface area contributed by atoms with E-state index in [0.29, 0.717) is 0 Å². The highest BCUT2D eigenvalue weighted by molar-refractivity contribution is 5.99. The van der Waals surface area contributed by atoms with Crippen molar-refractivity contribution in [2.75, 3.05) is 0 Å². The summed E-state index contributed by atoms with van der Waals surface area (Å²) < 4.78 is 0. The minimum atomic E-state index is -1.56. The predicted molar refractivity (Wildman–Crippen MR) is 62.2 cm³/mol. The number of allylic oxidation sites excluding steroid dienone is 1. The topological polar surface area (TPSA) is 83.8 Å². The summed E-state index contributed by atoms with van der Waals surface area (Å²) in [6.07, 6.45) is -0.579. The van der Waals surface area contributed by atoms with Crippen LogP contribution in [0.5, 0.6) is 0 Å². The maximum absolute atomic E-state index is 11.4. The number of carbonyl (C=O) groups excluding carboxylic acids is 3. The highest BCUT2D eigenvalue weighted by Crippen LogP contribution is 2.11. The molecule has 0 amide bonds. The van der Waals surface area contributed by atoms with E-state index in [4.69, 9.17) is 0 Å². The van der Waals surface area contributed by atoms with Crippen LogP contribution in [-0.4, -0.2) is 34.9 Å². The zero-order chi connectivity index (χ0) is 13.6. The summed E-state index contributed by atoms with van der Waals surface area (Å²) in [5, 5.41) is 9.64. The molecule has 0 saturated carbocycles. The predicted octanol–water partition coefficient (Wildman–Crippen LogP) is 0.732. The molecule has 0 aliphatic carbocycles. The third-order valence-electron chi connectivity index (χ3n) is 2.14. The number of Topliss-reactive ketones (excluding diaryl/α,β-unsaturated/α-hetero) is 2. The summed E-state index contributed by atoms with van der Waals surface area (Å²) in [5.41, 5.74) is 0.400. The van der Waals surface area contributed by atoms with Gasteiger partial charge in [-0.15, -0.1) is 0 Å². The van der Waals surface area contributed by atoms with E-state index in [0.717, 1.165) is 0 Å². The molecule has 0 fully saturated rings. The second kappa shape index (κ2) is 6.68. The van der Waals surface area contributed by atoms with Gasteiger partial charge in [-0.25, -0.2) is 4.79 Å². The van der Waals surface area contributed by atoms with Crippen LogP contribution in [0.15, 0.2) is 29.3 Å². The number of hydrogen-bond donors (Lipinski definition) is 1. The first kappa shape index (κ1) is 15.2. The average Bonchev–Trinajstić information content (AvgIpc) is 2.25. The second-order valence-electron chi connectivity index (χ2n) is 3.78. The zero-order valence-corrected chi connectivity index (χ0v) is 9.90. The molecule has 1 N–H and O–H groups in total. The standard InChI is InChI=1S/C12H15NO4/c1-7(2)10(15)5-9(13-6-14)12(17)11(16)8(3)4/h9,12,17H,1,3,5H2,2,4H3. The number of carbonyl (C=O) groups is 2. The molecule has 0 radical (unpaired) electrons. The van der Waals surface area contributed by atoms with Crippen molar-refractivity contribution < 1.29 is 19.5 Å². The first-order valence-electron chi connectivity index (χ1n) is 4.94. The van der Waals surface area contributed by atoms with Crippen molar-refractivity contribution in [3.8, 4) is 0 Å². The van der Waals surface area contributed by atoms with Crippen molar-refractivity contribution in [1.29, 1.82) is 0 Å². The minimum Gasteiger partial charge on any atom is -0.383 e. The summed E-state index contributed by atoms with van der Waals surface area (Å²) in [5.74, 6) is -1.02. The number of rotatable bonds is 7. The van der Waals surface area contributed by atoms with Gasteiger partial charge in [0.1, 0.15) is 12.1 Å². The molecule has 92 valence electrons. The lowest BCUT2D eigenvalue weighted by Crippen LogP contribution is -2.34. The van der Waals surface area contributed by atoms with E-state index in [1.165, 1.54) is 19.9 Å². The summed E-state index contributed by atoms with van der Waals surface area (Å²) in [7, 11) is 0. The Balaban J connectivity index is 4.92. The van der Waals surface area contributed by atoms with Crippen molar-refractivity contribution in [2.24, 2.45) is 4.99 Å². The van der Waals surface area contributed by atoms with Crippen LogP contribution in [0.3, 0.4) is 0 Å². The largest absolute Gasteiger partial charge is 0.383 e. The van der Waals surface area contributed by atoms with Gasteiger partial charge in [-0.3, -0.25) is 9.59 Å². The molecule has 0 spiro atoms. The lowest BCUT2D eigenvalue weighted by molar-refractivity contribution is -0.125. The molecule has 0 saturated heterocycles. The fraction of sp³-hybridized carbons (Fsp3) is 0.417.